The number of nitrogens with zero attached hydrogens (tertiary/aromatic N) is 1. The van der Waals surface area contributed by atoms with Crippen LogP contribution in [0.25, 0.3) is 11.1 Å². The molecule has 0 saturated heterocycles. The van der Waals surface area contributed by atoms with Gasteiger partial charge < -0.3 is 9.84 Å². The maximum absolute atomic E-state index is 10.0. The Morgan fingerprint density at radius 3 is 2.67 bits per heavy atom. The molecule has 0 fully saturated rings. The molecule has 0 spiro atoms. The fraction of sp³-hybridized carbons (Fsp3) is 0.267. The Morgan fingerprint density at radius 2 is 2.00 bits per heavy atom. The van der Waals surface area contributed by atoms with Crippen molar-refractivity contribution < 1.29 is 14.0 Å². The summed E-state index contributed by atoms with van der Waals surface area (Å²) in [5.74, 6) is 0.475. The number of aromatic hydroxyl groups is 1. The van der Waals surface area contributed by atoms with E-state index in [0.29, 0.717) is 0 Å². The summed E-state index contributed by atoms with van der Waals surface area (Å²) in [4.78, 5) is 3.87. The molecular formula is C15H17NO2. The molecule has 3 nitrogen and oxygen atoms in total. The third-order valence-electron chi connectivity index (χ3n) is 2.83. The molecule has 3 heteroatoms. The number of ether oxygens (including phenoxy) is 1. The quantitative estimate of drug-likeness (QED) is 0.900. The van der Waals surface area contributed by atoms with E-state index in [4.69, 9.17) is 8.85 Å². The zero-order valence-electron chi connectivity index (χ0n) is 13.3. The van der Waals surface area contributed by atoms with E-state index in [1.165, 1.54) is 12.3 Å². The van der Waals surface area contributed by atoms with Crippen LogP contribution in [-0.2, 0) is 0 Å². The van der Waals surface area contributed by atoms with Crippen molar-refractivity contribution in [2.45, 2.75) is 19.8 Å². The van der Waals surface area contributed by atoms with Crippen molar-refractivity contribution >= 4 is 0 Å². The molecule has 1 N–H and O–H groups in total. The summed E-state index contributed by atoms with van der Waals surface area (Å²) in [6, 6.07) is 8.67. The topological polar surface area (TPSA) is 42.4 Å². The predicted octanol–water partition coefficient (Wildman–Crippen LogP) is 3.59. The lowest BCUT2D eigenvalue weighted by Gasteiger charge is -2.10. The average molecular weight is 246 g/mol. The number of pyridine rings is 1. The van der Waals surface area contributed by atoms with Crippen LogP contribution in [0.15, 0.2) is 36.5 Å². The smallest absolute Gasteiger partial charge is 0.213 e. The van der Waals surface area contributed by atoms with Crippen LogP contribution in [0.5, 0.6) is 11.6 Å². The molecule has 0 atom stereocenters. The van der Waals surface area contributed by atoms with Gasteiger partial charge in [-0.05, 0) is 34.7 Å². The first-order valence-corrected chi connectivity index (χ1v) is 5.74. The zero-order valence-corrected chi connectivity index (χ0v) is 10.3. The number of hydrogen-bond donors (Lipinski definition) is 1. The highest BCUT2D eigenvalue weighted by Crippen LogP contribution is 2.31. The Bertz CT molecular complexity index is 639. The largest absolute Gasteiger partial charge is 0.508 e. The third kappa shape index (κ3) is 2.45. The van der Waals surface area contributed by atoms with Crippen LogP contribution in [0.4, 0.5) is 0 Å². The minimum Gasteiger partial charge on any atom is -0.508 e. The Kier molecular flexibility index (Phi) is 2.54. The number of phenols is 1. The van der Waals surface area contributed by atoms with Crippen LogP contribution in [0.3, 0.4) is 0 Å². The van der Waals surface area contributed by atoms with E-state index in [1.54, 1.807) is 12.1 Å². The second-order valence-electron chi connectivity index (χ2n) is 4.41. The Balaban J connectivity index is 2.34. The summed E-state index contributed by atoms with van der Waals surface area (Å²) < 4.78 is 26.0. The van der Waals surface area contributed by atoms with E-state index >= 15 is 0 Å². The number of phenolic OH excluding ortho intramolecular Hbond substituents is 1. The fourth-order valence-electron chi connectivity index (χ4n) is 1.86. The van der Waals surface area contributed by atoms with Crippen LogP contribution < -0.4 is 4.74 Å². The van der Waals surface area contributed by atoms with Gasteiger partial charge in [0.05, 0.1) is 11.2 Å². The van der Waals surface area contributed by atoms with Crippen molar-refractivity contribution in [1.29, 1.82) is 0 Å². The van der Waals surface area contributed by atoms with Gasteiger partial charge in [-0.25, -0.2) is 4.98 Å². The highest BCUT2D eigenvalue weighted by molar-refractivity contribution is 5.66. The Morgan fingerprint density at radius 1 is 1.22 bits per heavy atom. The van der Waals surface area contributed by atoms with Gasteiger partial charge in [0.1, 0.15) is 5.75 Å². The molecule has 2 rings (SSSR count). The summed E-state index contributed by atoms with van der Waals surface area (Å²) in [7, 11) is -2.53. The molecule has 0 amide bonds. The number of aromatic nitrogens is 1. The lowest BCUT2D eigenvalue weighted by molar-refractivity contribution is 0.398. The van der Waals surface area contributed by atoms with Gasteiger partial charge in [0.15, 0.2) is 0 Å². The third-order valence-corrected chi connectivity index (χ3v) is 2.83. The first kappa shape index (κ1) is 8.97. The molecule has 18 heavy (non-hydrogen) atoms. The molecule has 0 bridgehead atoms. The summed E-state index contributed by atoms with van der Waals surface area (Å²) >= 11 is 0. The number of methoxy groups -OCH3 is 1. The van der Waals surface area contributed by atoms with Gasteiger partial charge in [0, 0.05) is 12.3 Å². The highest BCUT2D eigenvalue weighted by atomic mass is 16.5. The zero-order chi connectivity index (χ0) is 15.6. The standard InChI is InChI=1S/C15H17NO2/c1-10(2)13-5-4-11(8-14(13)17)12-6-7-16-15(9-12)18-3/h4-10,17H,1-3H3/i3D3. The first-order chi connectivity index (χ1) is 9.76. The fourth-order valence-corrected chi connectivity index (χ4v) is 1.86. The van der Waals surface area contributed by atoms with Crippen molar-refractivity contribution in [3.05, 3.63) is 42.1 Å². The molecule has 2 aromatic rings. The van der Waals surface area contributed by atoms with Crippen LogP contribution in [0.1, 0.15) is 29.4 Å². The Labute approximate surface area is 111 Å². The minimum absolute atomic E-state index is 0.0277. The van der Waals surface area contributed by atoms with E-state index < -0.39 is 7.04 Å². The normalized spacial score (nSPS) is 13.8. The molecule has 0 saturated carbocycles. The molecule has 94 valence electrons. The second-order valence-corrected chi connectivity index (χ2v) is 4.41. The molecule has 1 aromatic heterocycles. The molecule has 0 aliphatic heterocycles. The van der Waals surface area contributed by atoms with Gasteiger partial charge in [-0.2, -0.15) is 0 Å². The second kappa shape index (κ2) is 5.08. The van der Waals surface area contributed by atoms with E-state index in [9.17, 15) is 5.11 Å². The molecule has 1 heterocycles. The van der Waals surface area contributed by atoms with Crippen LogP contribution >= 0.6 is 0 Å². The highest BCUT2D eigenvalue weighted by Gasteiger charge is 2.08. The van der Waals surface area contributed by atoms with E-state index in [1.807, 2.05) is 26.0 Å². The lowest BCUT2D eigenvalue weighted by Crippen LogP contribution is -1.90. The van der Waals surface area contributed by atoms with E-state index in [-0.39, 0.29) is 17.5 Å². The molecule has 0 aliphatic carbocycles. The number of benzene rings is 1. The van der Waals surface area contributed by atoms with Crippen molar-refractivity contribution in [3.63, 3.8) is 0 Å². The minimum atomic E-state index is -2.53. The average Bonchev–Trinajstić information content (AvgIpc) is 2.36. The number of rotatable bonds is 3. The van der Waals surface area contributed by atoms with Crippen LogP contribution in [0, 0.1) is 0 Å². The van der Waals surface area contributed by atoms with Gasteiger partial charge >= 0.3 is 0 Å². The van der Waals surface area contributed by atoms with Crippen LogP contribution in [-0.4, -0.2) is 17.1 Å². The van der Waals surface area contributed by atoms with Crippen molar-refractivity contribution in [2.24, 2.45) is 0 Å². The van der Waals surface area contributed by atoms with Crippen molar-refractivity contribution in [1.82, 2.24) is 4.98 Å². The molecule has 0 aliphatic rings. The molecule has 1 aromatic carbocycles. The number of hydrogen-bond acceptors (Lipinski definition) is 3. The molecule has 0 unspecified atom stereocenters. The summed E-state index contributed by atoms with van der Waals surface area (Å²) in [6.45, 7) is 4.01. The van der Waals surface area contributed by atoms with E-state index in [2.05, 4.69) is 4.98 Å². The maximum atomic E-state index is 10.0. The van der Waals surface area contributed by atoms with Crippen LogP contribution in [0.2, 0.25) is 0 Å². The lowest BCUT2D eigenvalue weighted by atomic mass is 9.98. The summed E-state index contributed by atoms with van der Waals surface area (Å²) in [5.41, 5.74) is 2.37. The predicted molar refractivity (Wildman–Crippen MR) is 72.0 cm³/mol. The van der Waals surface area contributed by atoms with Gasteiger partial charge in [0.2, 0.25) is 5.88 Å². The van der Waals surface area contributed by atoms with E-state index in [0.717, 1.165) is 16.7 Å². The summed E-state index contributed by atoms with van der Waals surface area (Å²) in [5, 5.41) is 10.0. The SMILES string of the molecule is [2H]C([2H])([2H])Oc1cc(-c2ccc(C(C)C)c(O)c2)ccn1. The summed E-state index contributed by atoms with van der Waals surface area (Å²) in [6.07, 6.45) is 1.48. The molecular weight excluding hydrogens is 226 g/mol. The van der Waals surface area contributed by atoms with Crippen molar-refractivity contribution in [3.8, 4) is 22.8 Å². The maximum Gasteiger partial charge on any atom is 0.213 e. The molecule has 0 radical (unpaired) electrons. The first-order valence-electron chi connectivity index (χ1n) is 7.24. The van der Waals surface area contributed by atoms with Crippen molar-refractivity contribution in [2.75, 3.05) is 7.04 Å². The monoisotopic (exact) mass is 246 g/mol. The van der Waals surface area contributed by atoms with Gasteiger partial charge in [-0.15, -0.1) is 0 Å². The van der Waals surface area contributed by atoms with Gasteiger partial charge in [-0.1, -0.05) is 26.0 Å². The van der Waals surface area contributed by atoms with Gasteiger partial charge in [-0.3, -0.25) is 0 Å². The Hall–Kier alpha value is -2.03. The van der Waals surface area contributed by atoms with Gasteiger partial charge in [0.25, 0.3) is 0 Å².